The summed E-state index contributed by atoms with van der Waals surface area (Å²) in [5.41, 5.74) is 3.38. The van der Waals surface area contributed by atoms with E-state index in [1.54, 1.807) is 0 Å². The number of hydrogen-bond donors (Lipinski definition) is 2. The van der Waals surface area contributed by atoms with Crippen LogP contribution in [0.3, 0.4) is 0 Å². The largest absolute Gasteiger partial charge is 0.493 e. The monoisotopic (exact) mass is 528 g/mol. The Hall–Kier alpha value is -1.77. The van der Waals surface area contributed by atoms with Gasteiger partial charge in [0.15, 0.2) is 5.96 Å². The van der Waals surface area contributed by atoms with E-state index >= 15 is 0 Å². The zero-order valence-corrected chi connectivity index (χ0v) is 21.4. The first-order chi connectivity index (χ1) is 13.9. The van der Waals surface area contributed by atoms with Crippen LogP contribution in [0.25, 0.3) is 0 Å². The minimum absolute atomic E-state index is 0. The third kappa shape index (κ3) is 8.53. The normalized spacial score (nSPS) is 12.4. The molecule has 6 nitrogen and oxygen atoms in total. The average molecular weight is 528 g/mol. The Morgan fingerprint density at radius 2 is 1.87 bits per heavy atom. The maximum Gasteiger partial charge on any atom is 0.191 e. The van der Waals surface area contributed by atoms with Gasteiger partial charge in [0.25, 0.3) is 0 Å². The molecule has 30 heavy (non-hydrogen) atoms. The molecule has 2 N–H and O–H groups in total. The molecule has 1 unspecified atom stereocenters. The van der Waals surface area contributed by atoms with Crippen molar-refractivity contribution < 1.29 is 9.26 Å². The number of aromatic nitrogens is 1. The fourth-order valence-corrected chi connectivity index (χ4v) is 3.03. The first-order valence-electron chi connectivity index (χ1n) is 10.6. The van der Waals surface area contributed by atoms with Crippen molar-refractivity contribution in [1.82, 2.24) is 15.8 Å². The van der Waals surface area contributed by atoms with Crippen molar-refractivity contribution in [3.05, 3.63) is 46.8 Å². The van der Waals surface area contributed by atoms with Gasteiger partial charge in [-0.1, -0.05) is 31.1 Å². The SMILES string of the molecule is CCNC(=NCCCc1c(C)noc1C)NC(C)c1ccc(OCC(C)C)cc1.I. The van der Waals surface area contributed by atoms with E-state index in [0.29, 0.717) is 5.92 Å². The van der Waals surface area contributed by atoms with Gasteiger partial charge in [0.2, 0.25) is 0 Å². The Morgan fingerprint density at radius 3 is 2.43 bits per heavy atom. The van der Waals surface area contributed by atoms with Gasteiger partial charge in [-0.05, 0) is 64.2 Å². The van der Waals surface area contributed by atoms with Crippen LogP contribution in [0.15, 0.2) is 33.8 Å². The van der Waals surface area contributed by atoms with Crippen LogP contribution in [0.4, 0.5) is 0 Å². The number of rotatable bonds is 10. The summed E-state index contributed by atoms with van der Waals surface area (Å²) in [6.07, 6.45) is 1.88. The summed E-state index contributed by atoms with van der Waals surface area (Å²) in [6.45, 7) is 14.8. The van der Waals surface area contributed by atoms with Gasteiger partial charge >= 0.3 is 0 Å². The lowest BCUT2D eigenvalue weighted by molar-refractivity contribution is 0.271. The summed E-state index contributed by atoms with van der Waals surface area (Å²) >= 11 is 0. The van der Waals surface area contributed by atoms with Crippen LogP contribution in [0.1, 0.15) is 62.7 Å². The van der Waals surface area contributed by atoms with Crippen LogP contribution < -0.4 is 15.4 Å². The van der Waals surface area contributed by atoms with E-state index in [-0.39, 0.29) is 30.0 Å². The Labute approximate surface area is 198 Å². The summed E-state index contributed by atoms with van der Waals surface area (Å²) in [7, 11) is 0. The van der Waals surface area contributed by atoms with Crippen LogP contribution in [0.2, 0.25) is 0 Å². The predicted molar refractivity (Wildman–Crippen MR) is 134 cm³/mol. The molecule has 0 fully saturated rings. The van der Waals surface area contributed by atoms with Gasteiger partial charge in [0, 0.05) is 18.7 Å². The lowest BCUT2D eigenvalue weighted by Crippen LogP contribution is -2.38. The minimum atomic E-state index is 0. The molecule has 0 spiro atoms. The molecule has 0 saturated heterocycles. The Balaban J connectivity index is 0.00000450. The summed E-state index contributed by atoms with van der Waals surface area (Å²) in [5.74, 6) is 3.17. The fourth-order valence-electron chi connectivity index (χ4n) is 3.03. The highest BCUT2D eigenvalue weighted by molar-refractivity contribution is 14.0. The molecule has 168 valence electrons. The summed E-state index contributed by atoms with van der Waals surface area (Å²) in [6, 6.07) is 8.42. The van der Waals surface area contributed by atoms with E-state index in [2.05, 4.69) is 55.6 Å². The Kier molecular flexibility index (Phi) is 11.8. The van der Waals surface area contributed by atoms with Crippen molar-refractivity contribution in [2.75, 3.05) is 19.7 Å². The number of nitrogens with one attached hydrogen (secondary N) is 2. The number of ether oxygens (including phenoxy) is 1. The summed E-state index contributed by atoms with van der Waals surface area (Å²) in [5, 5.41) is 10.8. The second-order valence-corrected chi connectivity index (χ2v) is 7.81. The van der Waals surface area contributed by atoms with Crippen LogP contribution in [0.5, 0.6) is 5.75 Å². The van der Waals surface area contributed by atoms with Crippen LogP contribution in [-0.4, -0.2) is 30.8 Å². The zero-order chi connectivity index (χ0) is 21.2. The number of hydrogen-bond acceptors (Lipinski definition) is 4. The van der Waals surface area contributed by atoms with Gasteiger partial charge in [-0.3, -0.25) is 4.99 Å². The number of nitrogens with zero attached hydrogens (tertiary/aromatic N) is 2. The van der Waals surface area contributed by atoms with Crippen molar-refractivity contribution >= 4 is 29.9 Å². The molecular weight excluding hydrogens is 491 g/mol. The number of aryl methyl sites for hydroxylation is 2. The highest BCUT2D eigenvalue weighted by Gasteiger charge is 2.10. The second kappa shape index (κ2) is 13.5. The van der Waals surface area contributed by atoms with Crippen molar-refractivity contribution in [1.29, 1.82) is 0 Å². The van der Waals surface area contributed by atoms with E-state index in [4.69, 9.17) is 14.3 Å². The molecule has 0 aliphatic heterocycles. The van der Waals surface area contributed by atoms with Gasteiger partial charge < -0.3 is 19.9 Å². The molecule has 0 aliphatic carbocycles. The standard InChI is InChI=1S/C23H36N4O2.HI/c1-7-24-23(25-14-8-9-22-18(5)27-29-19(22)6)26-17(4)20-10-12-21(13-11-20)28-15-16(2)3;/h10-13,16-17H,7-9,14-15H2,1-6H3,(H2,24,25,26);1H. The van der Waals surface area contributed by atoms with Crippen LogP contribution in [0, 0.1) is 19.8 Å². The van der Waals surface area contributed by atoms with Crippen LogP contribution >= 0.6 is 24.0 Å². The van der Waals surface area contributed by atoms with Crippen molar-refractivity contribution in [2.24, 2.45) is 10.9 Å². The first kappa shape index (κ1) is 26.3. The molecule has 2 rings (SSSR count). The van der Waals surface area contributed by atoms with E-state index in [0.717, 1.165) is 55.7 Å². The van der Waals surface area contributed by atoms with Gasteiger partial charge in [0.05, 0.1) is 18.3 Å². The fraction of sp³-hybridized carbons (Fsp3) is 0.565. The van der Waals surface area contributed by atoms with Gasteiger partial charge in [0.1, 0.15) is 11.5 Å². The van der Waals surface area contributed by atoms with E-state index in [9.17, 15) is 0 Å². The molecule has 1 atom stereocenters. The lowest BCUT2D eigenvalue weighted by Gasteiger charge is -2.18. The molecule has 0 aliphatic rings. The number of aliphatic imine (C=N–C) groups is 1. The van der Waals surface area contributed by atoms with Crippen molar-refractivity contribution in [3.8, 4) is 5.75 Å². The maximum absolute atomic E-state index is 5.77. The average Bonchev–Trinajstić information content (AvgIpc) is 3.01. The number of guanidine groups is 1. The molecule has 0 amide bonds. The molecule has 0 saturated carbocycles. The quantitative estimate of drug-likeness (QED) is 0.192. The molecule has 0 bridgehead atoms. The lowest BCUT2D eigenvalue weighted by atomic mass is 10.1. The second-order valence-electron chi connectivity index (χ2n) is 7.81. The molecule has 1 aromatic carbocycles. The van der Waals surface area contributed by atoms with Crippen molar-refractivity contribution in [3.63, 3.8) is 0 Å². The molecule has 0 radical (unpaired) electrons. The first-order valence-corrected chi connectivity index (χ1v) is 10.6. The molecule has 1 aromatic heterocycles. The molecule has 7 heteroatoms. The molecule has 2 aromatic rings. The highest BCUT2D eigenvalue weighted by atomic mass is 127. The predicted octanol–water partition coefficient (Wildman–Crippen LogP) is 5.19. The van der Waals surface area contributed by atoms with Gasteiger partial charge in [-0.15, -0.1) is 24.0 Å². The Bertz CT molecular complexity index is 753. The maximum atomic E-state index is 5.77. The highest BCUT2D eigenvalue weighted by Crippen LogP contribution is 2.18. The topological polar surface area (TPSA) is 71.7 Å². The summed E-state index contributed by atoms with van der Waals surface area (Å²) in [4.78, 5) is 4.72. The van der Waals surface area contributed by atoms with E-state index in [1.807, 2.05) is 26.0 Å². The number of benzene rings is 1. The third-order valence-electron chi connectivity index (χ3n) is 4.70. The molecular formula is C23H37IN4O2. The zero-order valence-electron chi connectivity index (χ0n) is 19.1. The summed E-state index contributed by atoms with van der Waals surface area (Å²) < 4.78 is 11.0. The number of halogens is 1. The van der Waals surface area contributed by atoms with E-state index in [1.165, 1.54) is 11.1 Å². The van der Waals surface area contributed by atoms with Crippen LogP contribution in [-0.2, 0) is 6.42 Å². The smallest absolute Gasteiger partial charge is 0.191 e. The minimum Gasteiger partial charge on any atom is -0.493 e. The van der Waals surface area contributed by atoms with Crippen molar-refractivity contribution in [2.45, 2.75) is 60.4 Å². The van der Waals surface area contributed by atoms with Gasteiger partial charge in [-0.2, -0.15) is 0 Å². The molecule has 1 heterocycles. The third-order valence-corrected chi connectivity index (χ3v) is 4.70. The van der Waals surface area contributed by atoms with E-state index < -0.39 is 0 Å². The van der Waals surface area contributed by atoms with Gasteiger partial charge in [-0.25, -0.2) is 0 Å². The Morgan fingerprint density at radius 1 is 1.17 bits per heavy atom.